The molecule has 30 heavy (non-hydrogen) atoms. The maximum Gasteiger partial charge on any atom is 0.188 e. The van der Waals surface area contributed by atoms with Crippen molar-refractivity contribution in [3.8, 4) is 17.2 Å². The zero-order valence-electron chi connectivity index (χ0n) is 18.4. The van der Waals surface area contributed by atoms with Gasteiger partial charge in [0.2, 0.25) is 0 Å². The summed E-state index contributed by atoms with van der Waals surface area (Å²) in [5.41, 5.74) is 3.32. The smallest absolute Gasteiger partial charge is 0.188 e. The van der Waals surface area contributed by atoms with E-state index >= 15 is 0 Å². The third kappa shape index (κ3) is 5.86. The summed E-state index contributed by atoms with van der Waals surface area (Å²) in [6.07, 6.45) is 0.400. The van der Waals surface area contributed by atoms with Gasteiger partial charge in [-0.1, -0.05) is 19.1 Å². The molecule has 0 aliphatic carbocycles. The van der Waals surface area contributed by atoms with Crippen LogP contribution in [0.5, 0.6) is 17.2 Å². The zero-order valence-corrected chi connectivity index (χ0v) is 18.4. The van der Waals surface area contributed by atoms with Crippen LogP contribution in [-0.4, -0.2) is 53.7 Å². The molecule has 0 aromatic heterocycles. The number of benzene rings is 2. The van der Waals surface area contributed by atoms with Crippen LogP contribution in [0, 0.1) is 0 Å². The lowest BCUT2D eigenvalue weighted by Gasteiger charge is -2.25. The molecule has 2 rings (SSSR count). The van der Waals surface area contributed by atoms with Gasteiger partial charge in [-0.15, -0.1) is 0 Å². The highest BCUT2D eigenvalue weighted by atomic mass is 16.7. The molecule has 1 unspecified atom stereocenters. The van der Waals surface area contributed by atoms with E-state index < -0.39 is 6.10 Å². The van der Waals surface area contributed by atoms with Crippen LogP contribution in [-0.2, 0) is 27.1 Å². The molecule has 0 spiro atoms. The molecule has 0 saturated carbocycles. The van der Waals surface area contributed by atoms with Gasteiger partial charge in [0.15, 0.2) is 13.6 Å². The van der Waals surface area contributed by atoms with Crippen molar-refractivity contribution in [3.63, 3.8) is 0 Å². The van der Waals surface area contributed by atoms with Crippen LogP contribution in [0.15, 0.2) is 30.3 Å². The highest BCUT2D eigenvalue weighted by Gasteiger charge is 2.25. The second-order valence-corrected chi connectivity index (χ2v) is 6.62. The number of aliphatic hydroxyl groups excluding tert-OH is 1. The molecule has 0 radical (unpaired) electrons. The lowest BCUT2D eigenvalue weighted by molar-refractivity contribution is 0.0438. The minimum absolute atomic E-state index is 0.0429. The van der Waals surface area contributed by atoms with Crippen LogP contribution >= 0.6 is 0 Å². The molecule has 1 N–H and O–H groups in total. The Labute approximate surface area is 178 Å². The van der Waals surface area contributed by atoms with E-state index in [1.54, 1.807) is 34.5 Å². The first-order valence-electron chi connectivity index (χ1n) is 9.84. The summed E-state index contributed by atoms with van der Waals surface area (Å²) < 4.78 is 32.4. The van der Waals surface area contributed by atoms with Gasteiger partial charge in [0.25, 0.3) is 0 Å². The lowest BCUT2D eigenvalue weighted by atomic mass is 9.89. The predicted octanol–water partition coefficient (Wildman–Crippen LogP) is 3.49. The predicted molar refractivity (Wildman–Crippen MR) is 113 cm³/mol. The molecule has 0 bridgehead atoms. The van der Waals surface area contributed by atoms with Gasteiger partial charge in [-0.2, -0.15) is 0 Å². The molecule has 0 aliphatic rings. The minimum Gasteiger partial charge on any atom is -0.497 e. The molecule has 0 aliphatic heterocycles. The zero-order chi connectivity index (χ0) is 21.9. The average molecular weight is 421 g/mol. The SMILES string of the molecule is CCc1c(OCOC)cc(OCOC)c(C(O)c2ccc(OC)cc2)c1CCOC. The highest BCUT2D eigenvalue weighted by molar-refractivity contribution is 5.56. The van der Waals surface area contributed by atoms with Crippen molar-refractivity contribution in [1.29, 1.82) is 0 Å². The summed E-state index contributed by atoms with van der Waals surface area (Å²) in [5, 5.41) is 11.3. The van der Waals surface area contributed by atoms with Crippen molar-refractivity contribution in [2.45, 2.75) is 25.9 Å². The summed E-state index contributed by atoms with van der Waals surface area (Å²) in [5.74, 6) is 1.87. The first kappa shape index (κ1) is 24.0. The highest BCUT2D eigenvalue weighted by Crippen LogP contribution is 2.41. The molecule has 1 atom stereocenters. The van der Waals surface area contributed by atoms with Crippen LogP contribution in [0.3, 0.4) is 0 Å². The van der Waals surface area contributed by atoms with Crippen LogP contribution in [0.4, 0.5) is 0 Å². The molecule has 0 fully saturated rings. The number of methoxy groups -OCH3 is 4. The van der Waals surface area contributed by atoms with E-state index in [0.29, 0.717) is 36.5 Å². The van der Waals surface area contributed by atoms with Crippen molar-refractivity contribution in [2.24, 2.45) is 0 Å². The molecule has 0 heterocycles. The fourth-order valence-corrected chi connectivity index (χ4v) is 3.37. The van der Waals surface area contributed by atoms with Crippen molar-refractivity contribution in [1.82, 2.24) is 0 Å². The number of ether oxygens (including phenoxy) is 6. The molecule has 0 saturated heterocycles. The number of rotatable bonds is 13. The van der Waals surface area contributed by atoms with E-state index in [0.717, 1.165) is 22.4 Å². The van der Waals surface area contributed by atoms with Crippen molar-refractivity contribution >= 4 is 0 Å². The Bertz CT molecular complexity index is 774. The summed E-state index contributed by atoms with van der Waals surface area (Å²) in [6.45, 7) is 2.69. The summed E-state index contributed by atoms with van der Waals surface area (Å²) in [4.78, 5) is 0. The minimum atomic E-state index is -0.906. The van der Waals surface area contributed by atoms with Crippen molar-refractivity contribution in [2.75, 3.05) is 48.6 Å². The Morgan fingerprint density at radius 2 is 1.47 bits per heavy atom. The Morgan fingerprint density at radius 3 is 2.00 bits per heavy atom. The van der Waals surface area contributed by atoms with Gasteiger partial charge in [0.05, 0.1) is 13.7 Å². The van der Waals surface area contributed by atoms with Gasteiger partial charge in [-0.25, -0.2) is 0 Å². The van der Waals surface area contributed by atoms with Gasteiger partial charge in [0, 0.05) is 33.0 Å². The molecule has 7 heteroatoms. The number of hydrogen-bond donors (Lipinski definition) is 1. The summed E-state index contributed by atoms with van der Waals surface area (Å²) in [7, 11) is 6.38. The third-order valence-corrected chi connectivity index (χ3v) is 4.79. The van der Waals surface area contributed by atoms with E-state index in [4.69, 9.17) is 28.4 Å². The van der Waals surface area contributed by atoms with Crippen molar-refractivity contribution < 1.29 is 33.5 Å². The molecule has 166 valence electrons. The quantitative estimate of drug-likeness (QED) is 0.497. The number of hydrogen-bond acceptors (Lipinski definition) is 7. The molecule has 2 aromatic carbocycles. The fraction of sp³-hybridized carbons (Fsp3) is 0.478. The summed E-state index contributed by atoms with van der Waals surface area (Å²) >= 11 is 0. The average Bonchev–Trinajstić information content (AvgIpc) is 2.79. The Balaban J connectivity index is 2.64. The van der Waals surface area contributed by atoms with E-state index in [1.165, 1.54) is 0 Å². The lowest BCUT2D eigenvalue weighted by Crippen LogP contribution is -2.14. The Kier molecular flexibility index (Phi) is 9.89. The fourth-order valence-electron chi connectivity index (χ4n) is 3.37. The Hall–Kier alpha value is -2.32. The standard InChI is InChI=1S/C23H32O7/c1-6-18-19(11-12-25-2)22(23(24)16-7-9-17(28-5)10-8-16)21(30-15-27-4)13-20(18)29-14-26-3/h7-10,13,23-24H,6,11-12,14-15H2,1-5H3. The van der Waals surface area contributed by atoms with Gasteiger partial charge in [-0.3, -0.25) is 0 Å². The van der Waals surface area contributed by atoms with E-state index in [1.807, 2.05) is 31.2 Å². The maximum absolute atomic E-state index is 11.3. The van der Waals surface area contributed by atoms with Crippen LogP contribution < -0.4 is 14.2 Å². The Morgan fingerprint density at radius 1 is 0.833 bits per heavy atom. The van der Waals surface area contributed by atoms with Crippen LogP contribution in [0.25, 0.3) is 0 Å². The second kappa shape index (κ2) is 12.4. The third-order valence-electron chi connectivity index (χ3n) is 4.79. The van der Waals surface area contributed by atoms with Gasteiger partial charge >= 0.3 is 0 Å². The van der Waals surface area contributed by atoms with Gasteiger partial charge in [0.1, 0.15) is 23.4 Å². The molecule has 7 nitrogen and oxygen atoms in total. The summed E-state index contributed by atoms with van der Waals surface area (Å²) in [6, 6.07) is 9.10. The molecular weight excluding hydrogens is 388 g/mol. The molecule has 0 amide bonds. The van der Waals surface area contributed by atoms with Gasteiger partial charge in [-0.05, 0) is 41.7 Å². The number of aliphatic hydroxyl groups is 1. The van der Waals surface area contributed by atoms with Gasteiger partial charge < -0.3 is 33.5 Å². The first-order chi connectivity index (χ1) is 14.6. The first-order valence-corrected chi connectivity index (χ1v) is 9.84. The van der Waals surface area contributed by atoms with E-state index in [9.17, 15) is 5.11 Å². The van der Waals surface area contributed by atoms with Crippen molar-refractivity contribution in [3.05, 3.63) is 52.6 Å². The van der Waals surface area contributed by atoms with E-state index in [-0.39, 0.29) is 13.6 Å². The molecule has 2 aromatic rings. The van der Waals surface area contributed by atoms with Crippen LogP contribution in [0.2, 0.25) is 0 Å². The maximum atomic E-state index is 11.3. The normalized spacial score (nSPS) is 11.9. The van der Waals surface area contributed by atoms with E-state index in [2.05, 4.69) is 0 Å². The molecular formula is C23H32O7. The van der Waals surface area contributed by atoms with Crippen LogP contribution in [0.1, 0.15) is 35.3 Å². The largest absolute Gasteiger partial charge is 0.497 e. The monoisotopic (exact) mass is 420 g/mol. The second-order valence-electron chi connectivity index (χ2n) is 6.62. The topological polar surface area (TPSA) is 75.6 Å².